The van der Waals surface area contributed by atoms with Crippen molar-refractivity contribution in [2.24, 2.45) is 4.99 Å². The standard InChI is InChI=1S/C10H11NO/c1-2-4-9-5-3-6-10(7-9)11-8-12/h3,5-7H,2,4H2,1H3. The molecule has 2 heteroatoms. The van der Waals surface area contributed by atoms with Crippen LogP contribution in [0.1, 0.15) is 18.9 Å². The van der Waals surface area contributed by atoms with Crippen molar-refractivity contribution in [1.82, 2.24) is 0 Å². The third kappa shape index (κ3) is 2.33. The average molecular weight is 161 g/mol. The molecule has 0 aromatic heterocycles. The molecule has 0 atom stereocenters. The van der Waals surface area contributed by atoms with Crippen LogP contribution in [0.3, 0.4) is 0 Å². The van der Waals surface area contributed by atoms with Crippen LogP contribution >= 0.6 is 0 Å². The van der Waals surface area contributed by atoms with Crippen molar-refractivity contribution >= 4 is 11.8 Å². The summed E-state index contributed by atoms with van der Waals surface area (Å²) in [7, 11) is 0. The molecular formula is C10H11NO. The van der Waals surface area contributed by atoms with Crippen LogP contribution in [-0.4, -0.2) is 6.08 Å². The number of carbonyl (C=O) groups excluding carboxylic acids is 1. The first-order valence-corrected chi connectivity index (χ1v) is 4.03. The maximum atomic E-state index is 9.95. The van der Waals surface area contributed by atoms with Crippen molar-refractivity contribution in [3.05, 3.63) is 29.8 Å². The first kappa shape index (κ1) is 8.69. The van der Waals surface area contributed by atoms with Gasteiger partial charge in [-0.1, -0.05) is 25.5 Å². The summed E-state index contributed by atoms with van der Waals surface area (Å²) in [5, 5.41) is 0. The smallest absolute Gasteiger partial charge is 0.211 e. The van der Waals surface area contributed by atoms with E-state index < -0.39 is 0 Å². The number of aryl methyl sites for hydroxylation is 1. The highest BCUT2D eigenvalue weighted by Gasteiger charge is 1.92. The van der Waals surface area contributed by atoms with Gasteiger partial charge in [-0.2, -0.15) is 4.99 Å². The Labute approximate surface area is 71.9 Å². The highest BCUT2D eigenvalue weighted by atomic mass is 16.1. The lowest BCUT2D eigenvalue weighted by molar-refractivity contribution is 0.565. The molecule has 12 heavy (non-hydrogen) atoms. The molecule has 0 aliphatic carbocycles. The SMILES string of the molecule is CCCc1cccc(N=C=O)c1. The molecule has 0 heterocycles. The van der Waals surface area contributed by atoms with Gasteiger partial charge in [-0.25, -0.2) is 4.79 Å². The lowest BCUT2D eigenvalue weighted by Crippen LogP contribution is -1.80. The van der Waals surface area contributed by atoms with E-state index in [2.05, 4.69) is 11.9 Å². The molecule has 0 aliphatic rings. The van der Waals surface area contributed by atoms with E-state index >= 15 is 0 Å². The van der Waals surface area contributed by atoms with E-state index in [-0.39, 0.29) is 0 Å². The molecule has 1 aromatic carbocycles. The zero-order valence-corrected chi connectivity index (χ0v) is 7.08. The number of nitrogens with zero attached hydrogens (tertiary/aromatic N) is 1. The number of hydrogen-bond acceptors (Lipinski definition) is 2. The Morgan fingerprint density at radius 2 is 2.33 bits per heavy atom. The van der Waals surface area contributed by atoms with E-state index in [4.69, 9.17) is 0 Å². The highest BCUT2D eigenvalue weighted by Crippen LogP contribution is 2.14. The minimum absolute atomic E-state index is 0.691. The summed E-state index contributed by atoms with van der Waals surface area (Å²) < 4.78 is 0. The summed E-state index contributed by atoms with van der Waals surface area (Å²) in [5.74, 6) is 0. The summed E-state index contributed by atoms with van der Waals surface area (Å²) in [6.07, 6.45) is 3.66. The summed E-state index contributed by atoms with van der Waals surface area (Å²) in [6, 6.07) is 7.65. The van der Waals surface area contributed by atoms with E-state index in [1.54, 1.807) is 6.07 Å². The minimum Gasteiger partial charge on any atom is -0.211 e. The molecule has 1 aromatic rings. The number of rotatable bonds is 3. The van der Waals surface area contributed by atoms with Crippen LogP contribution in [0.4, 0.5) is 5.69 Å². The van der Waals surface area contributed by atoms with Gasteiger partial charge in [0.2, 0.25) is 6.08 Å². The lowest BCUT2D eigenvalue weighted by atomic mass is 10.1. The Hall–Kier alpha value is -1.40. The van der Waals surface area contributed by atoms with Crippen LogP contribution in [0.25, 0.3) is 0 Å². The first-order valence-electron chi connectivity index (χ1n) is 4.03. The molecule has 1 rings (SSSR count). The summed E-state index contributed by atoms with van der Waals surface area (Å²) in [6.45, 7) is 2.12. The Kier molecular flexibility index (Phi) is 3.24. The van der Waals surface area contributed by atoms with Gasteiger partial charge in [-0.15, -0.1) is 0 Å². The zero-order valence-electron chi connectivity index (χ0n) is 7.08. The van der Waals surface area contributed by atoms with Gasteiger partial charge in [-0.3, -0.25) is 0 Å². The normalized spacial score (nSPS) is 9.08. The van der Waals surface area contributed by atoms with E-state index in [0.717, 1.165) is 12.8 Å². The summed E-state index contributed by atoms with van der Waals surface area (Å²) >= 11 is 0. The fraction of sp³-hybridized carbons (Fsp3) is 0.300. The van der Waals surface area contributed by atoms with E-state index in [1.165, 1.54) is 11.6 Å². The molecule has 0 spiro atoms. The molecule has 0 saturated heterocycles. The fourth-order valence-electron chi connectivity index (χ4n) is 1.12. The second kappa shape index (κ2) is 4.47. The van der Waals surface area contributed by atoms with Crippen LogP contribution in [0.5, 0.6) is 0 Å². The molecular weight excluding hydrogens is 150 g/mol. The van der Waals surface area contributed by atoms with Gasteiger partial charge in [0, 0.05) is 0 Å². The number of benzene rings is 1. The first-order chi connectivity index (χ1) is 5.86. The molecule has 0 unspecified atom stereocenters. The van der Waals surface area contributed by atoms with Crippen LogP contribution in [0, 0.1) is 0 Å². The van der Waals surface area contributed by atoms with Gasteiger partial charge < -0.3 is 0 Å². The monoisotopic (exact) mass is 161 g/mol. The van der Waals surface area contributed by atoms with Crippen LogP contribution in [0.15, 0.2) is 29.3 Å². The molecule has 0 aliphatic heterocycles. The fourth-order valence-corrected chi connectivity index (χ4v) is 1.12. The Morgan fingerprint density at radius 1 is 1.50 bits per heavy atom. The van der Waals surface area contributed by atoms with Crippen molar-refractivity contribution in [1.29, 1.82) is 0 Å². The van der Waals surface area contributed by atoms with Crippen LogP contribution < -0.4 is 0 Å². The van der Waals surface area contributed by atoms with Crippen molar-refractivity contribution in [2.75, 3.05) is 0 Å². The zero-order chi connectivity index (χ0) is 8.81. The van der Waals surface area contributed by atoms with Crippen molar-refractivity contribution in [2.45, 2.75) is 19.8 Å². The van der Waals surface area contributed by atoms with Gasteiger partial charge in [0.25, 0.3) is 0 Å². The third-order valence-corrected chi connectivity index (χ3v) is 1.62. The minimum atomic E-state index is 0.691. The van der Waals surface area contributed by atoms with Gasteiger partial charge >= 0.3 is 0 Å². The van der Waals surface area contributed by atoms with Crippen LogP contribution in [-0.2, 0) is 11.2 Å². The van der Waals surface area contributed by atoms with Crippen molar-refractivity contribution in [3.8, 4) is 0 Å². The maximum Gasteiger partial charge on any atom is 0.240 e. The van der Waals surface area contributed by atoms with Crippen molar-refractivity contribution < 1.29 is 4.79 Å². The molecule has 0 bridgehead atoms. The number of hydrogen-bond donors (Lipinski definition) is 0. The number of aliphatic imine (C=N–C) groups is 1. The molecule has 0 amide bonds. The topological polar surface area (TPSA) is 29.4 Å². The summed E-state index contributed by atoms with van der Waals surface area (Å²) in [4.78, 5) is 13.5. The molecule has 0 radical (unpaired) electrons. The Bertz CT molecular complexity index is 300. The molecule has 2 nitrogen and oxygen atoms in total. The second-order valence-electron chi connectivity index (χ2n) is 2.62. The van der Waals surface area contributed by atoms with Gasteiger partial charge in [0.1, 0.15) is 0 Å². The van der Waals surface area contributed by atoms with Crippen LogP contribution in [0.2, 0.25) is 0 Å². The highest BCUT2D eigenvalue weighted by molar-refractivity contribution is 5.49. The molecule has 62 valence electrons. The van der Waals surface area contributed by atoms with E-state index in [1.807, 2.05) is 18.2 Å². The summed E-state index contributed by atoms with van der Waals surface area (Å²) in [5.41, 5.74) is 1.91. The van der Waals surface area contributed by atoms with Gasteiger partial charge in [0.15, 0.2) is 0 Å². The maximum absolute atomic E-state index is 9.95. The molecule has 0 fully saturated rings. The quantitative estimate of drug-likeness (QED) is 0.495. The molecule has 0 saturated carbocycles. The Morgan fingerprint density at radius 3 is 3.00 bits per heavy atom. The Balaban J connectivity index is 2.87. The second-order valence-corrected chi connectivity index (χ2v) is 2.62. The predicted octanol–water partition coefficient (Wildman–Crippen LogP) is 2.61. The van der Waals surface area contributed by atoms with E-state index in [0.29, 0.717) is 5.69 Å². The number of isocyanates is 1. The van der Waals surface area contributed by atoms with E-state index in [9.17, 15) is 4.79 Å². The lowest BCUT2D eigenvalue weighted by Gasteiger charge is -1.97. The molecule has 0 N–H and O–H groups in total. The van der Waals surface area contributed by atoms with Gasteiger partial charge in [0.05, 0.1) is 5.69 Å². The third-order valence-electron chi connectivity index (χ3n) is 1.62. The predicted molar refractivity (Wildman–Crippen MR) is 48.2 cm³/mol. The largest absolute Gasteiger partial charge is 0.240 e. The van der Waals surface area contributed by atoms with Gasteiger partial charge in [-0.05, 0) is 24.1 Å². The van der Waals surface area contributed by atoms with Crippen molar-refractivity contribution in [3.63, 3.8) is 0 Å². The average Bonchev–Trinajstić information content (AvgIpc) is 2.06.